The Kier molecular flexibility index (Phi) is 4.81. The van der Waals surface area contributed by atoms with Crippen LogP contribution in [0.25, 0.3) is 41.8 Å². The van der Waals surface area contributed by atoms with Crippen LogP contribution in [-0.2, 0) is 6.42 Å². The monoisotopic (exact) mass is 461 g/mol. The van der Waals surface area contributed by atoms with E-state index in [4.69, 9.17) is 9.97 Å². The smallest absolute Gasteiger partial charge is 0.137 e. The Morgan fingerprint density at radius 2 is 1.71 bits per heavy atom. The first-order valence-corrected chi connectivity index (χ1v) is 15.8. The Bertz CT molecular complexity index is 1430. The van der Waals surface area contributed by atoms with Gasteiger partial charge in [-0.25, -0.2) is 15.0 Å². The Labute approximate surface area is 192 Å². The molecule has 0 saturated heterocycles. The Morgan fingerprint density at radius 3 is 2.45 bits per heavy atom. The van der Waals surface area contributed by atoms with Gasteiger partial charge in [0, 0.05) is 12.0 Å². The molecule has 2 aromatic carbocycles. The first kappa shape index (κ1) is 20.7. The summed E-state index contributed by atoms with van der Waals surface area (Å²) in [6.45, 7) is 14.0. The summed E-state index contributed by atoms with van der Waals surface area (Å²) in [6, 6.07) is 13.4. The lowest BCUT2D eigenvalue weighted by atomic mass is 9.93. The number of fused-ring (bicyclic) bond motifs is 4. The highest BCUT2D eigenvalue weighted by atomic mass is 32.1. The molecular formula is C25H27N3S2Si. The molecule has 0 radical (unpaired) electrons. The van der Waals surface area contributed by atoms with Gasteiger partial charge in [-0.15, -0.1) is 22.7 Å². The number of rotatable bonds is 3. The first-order chi connectivity index (χ1) is 14.6. The maximum Gasteiger partial charge on any atom is 0.137 e. The van der Waals surface area contributed by atoms with Crippen LogP contribution in [-0.4, -0.2) is 23.0 Å². The van der Waals surface area contributed by atoms with Crippen molar-refractivity contribution in [1.82, 2.24) is 15.0 Å². The van der Waals surface area contributed by atoms with Gasteiger partial charge in [0.05, 0.1) is 28.2 Å². The summed E-state index contributed by atoms with van der Waals surface area (Å²) in [7, 11) is -1.53. The average Bonchev–Trinajstić information content (AvgIpc) is 3.21. The molecule has 0 bridgehead atoms. The number of hydrogen-bond acceptors (Lipinski definition) is 5. The first-order valence-electron chi connectivity index (χ1n) is 10.7. The maximum absolute atomic E-state index is 4.95. The summed E-state index contributed by atoms with van der Waals surface area (Å²) in [5.41, 5.74) is 3.49. The topological polar surface area (TPSA) is 38.7 Å². The van der Waals surface area contributed by atoms with Crippen molar-refractivity contribution in [3.8, 4) is 11.3 Å². The summed E-state index contributed by atoms with van der Waals surface area (Å²) < 4.78 is 2.35. The van der Waals surface area contributed by atoms with Crippen LogP contribution < -0.4 is 5.19 Å². The third kappa shape index (κ3) is 3.81. The van der Waals surface area contributed by atoms with E-state index >= 15 is 0 Å². The molecule has 3 nitrogen and oxygen atoms in total. The lowest BCUT2D eigenvalue weighted by molar-refractivity contribution is 0.411. The van der Waals surface area contributed by atoms with Crippen molar-refractivity contribution in [3.05, 3.63) is 47.7 Å². The van der Waals surface area contributed by atoms with Gasteiger partial charge >= 0.3 is 0 Å². The van der Waals surface area contributed by atoms with Crippen LogP contribution in [0.1, 0.15) is 25.8 Å². The van der Waals surface area contributed by atoms with Gasteiger partial charge in [-0.3, -0.25) is 0 Å². The molecule has 6 heteroatoms. The zero-order valence-corrected chi connectivity index (χ0v) is 21.5. The Balaban J connectivity index is 1.72. The molecule has 0 fully saturated rings. The number of hydrogen-bond donors (Lipinski definition) is 0. The number of benzene rings is 2. The summed E-state index contributed by atoms with van der Waals surface area (Å²) >= 11 is 3.52. The predicted octanol–water partition coefficient (Wildman–Crippen LogP) is 7.26. The van der Waals surface area contributed by atoms with Gasteiger partial charge in [0.15, 0.2) is 0 Å². The van der Waals surface area contributed by atoms with E-state index in [1.165, 1.54) is 31.2 Å². The lowest BCUT2D eigenvalue weighted by Crippen LogP contribution is -2.38. The highest BCUT2D eigenvalue weighted by molar-refractivity contribution is 7.32. The van der Waals surface area contributed by atoms with E-state index in [0.29, 0.717) is 0 Å². The van der Waals surface area contributed by atoms with Gasteiger partial charge in [0.2, 0.25) is 0 Å². The molecule has 0 unspecified atom stereocenters. The van der Waals surface area contributed by atoms with Gasteiger partial charge in [-0.1, -0.05) is 75.9 Å². The van der Waals surface area contributed by atoms with E-state index in [9.17, 15) is 0 Å². The third-order valence-corrected chi connectivity index (χ3v) is 9.78. The fourth-order valence-corrected chi connectivity index (χ4v) is 8.41. The second-order valence-electron chi connectivity index (χ2n) is 10.5. The van der Waals surface area contributed by atoms with E-state index in [2.05, 4.69) is 81.8 Å². The van der Waals surface area contributed by atoms with Gasteiger partial charge in [0.1, 0.15) is 16.7 Å². The molecule has 5 rings (SSSR count). The van der Waals surface area contributed by atoms with Crippen LogP contribution in [0.4, 0.5) is 0 Å². The van der Waals surface area contributed by atoms with Crippen LogP contribution in [0, 0.1) is 5.41 Å². The summed E-state index contributed by atoms with van der Waals surface area (Å²) in [5, 5.41) is 5.34. The number of thiophene rings is 1. The van der Waals surface area contributed by atoms with E-state index < -0.39 is 8.07 Å². The van der Waals surface area contributed by atoms with Crippen molar-refractivity contribution >= 4 is 66.5 Å². The molecular weight excluding hydrogens is 435 g/mol. The highest BCUT2D eigenvalue weighted by Gasteiger charge is 2.23. The third-order valence-electron chi connectivity index (χ3n) is 5.48. The van der Waals surface area contributed by atoms with E-state index in [1.807, 2.05) is 0 Å². The largest absolute Gasteiger partial charge is 0.235 e. The van der Waals surface area contributed by atoms with Gasteiger partial charge < -0.3 is 0 Å². The molecule has 0 spiro atoms. The molecule has 158 valence electrons. The minimum Gasteiger partial charge on any atom is -0.235 e. The zero-order chi connectivity index (χ0) is 22.0. The van der Waals surface area contributed by atoms with Crippen LogP contribution in [0.5, 0.6) is 0 Å². The average molecular weight is 462 g/mol. The number of thiazole rings is 1. The van der Waals surface area contributed by atoms with Crippen LogP contribution in [0.2, 0.25) is 19.6 Å². The van der Waals surface area contributed by atoms with Crippen LogP contribution in [0.15, 0.2) is 42.7 Å². The second kappa shape index (κ2) is 7.19. The van der Waals surface area contributed by atoms with Crippen molar-refractivity contribution in [3.63, 3.8) is 0 Å². The number of aromatic nitrogens is 3. The Morgan fingerprint density at radius 1 is 0.935 bits per heavy atom. The lowest BCUT2D eigenvalue weighted by Gasteiger charge is -2.21. The van der Waals surface area contributed by atoms with Gasteiger partial charge in [-0.05, 0) is 22.3 Å². The molecule has 3 aromatic heterocycles. The number of nitrogens with zero attached hydrogens (tertiary/aromatic N) is 3. The van der Waals surface area contributed by atoms with E-state index in [1.54, 1.807) is 29.0 Å². The molecule has 0 N–H and O–H groups in total. The molecule has 0 atom stereocenters. The van der Waals surface area contributed by atoms with Crippen molar-refractivity contribution in [1.29, 1.82) is 0 Å². The van der Waals surface area contributed by atoms with Crippen molar-refractivity contribution < 1.29 is 0 Å². The van der Waals surface area contributed by atoms with E-state index in [-0.39, 0.29) is 5.41 Å². The molecule has 5 aromatic rings. The standard InChI is InChI=1S/C25H27N3S2Si/c1-25(2,3)13-19-28-24-23(29-19)21-22(30-24)20(26-14-27-21)16-11-15-9-7-8-10-17(15)18(12-16)31(4,5)6/h7-12,14H,13H2,1-6H3. The molecule has 31 heavy (non-hydrogen) atoms. The second-order valence-corrected chi connectivity index (χ2v) is 17.6. The van der Waals surface area contributed by atoms with E-state index in [0.717, 1.165) is 27.2 Å². The van der Waals surface area contributed by atoms with Crippen molar-refractivity contribution in [2.45, 2.75) is 46.8 Å². The van der Waals surface area contributed by atoms with Crippen molar-refractivity contribution in [2.24, 2.45) is 5.41 Å². The van der Waals surface area contributed by atoms with Crippen LogP contribution >= 0.6 is 22.7 Å². The fourth-order valence-electron chi connectivity index (χ4n) is 4.10. The summed E-state index contributed by atoms with van der Waals surface area (Å²) in [5.74, 6) is 0. The normalized spacial score (nSPS) is 13.0. The fraction of sp³-hybridized carbons (Fsp3) is 0.320. The molecule has 0 amide bonds. The maximum atomic E-state index is 4.95. The Hall–Kier alpha value is -2.15. The molecule has 0 saturated carbocycles. The molecule has 0 aliphatic heterocycles. The van der Waals surface area contributed by atoms with Gasteiger partial charge in [-0.2, -0.15) is 0 Å². The minimum atomic E-state index is -1.53. The summed E-state index contributed by atoms with van der Waals surface area (Å²) in [6.07, 6.45) is 2.71. The minimum absolute atomic E-state index is 0.230. The predicted molar refractivity (Wildman–Crippen MR) is 140 cm³/mol. The molecule has 3 heterocycles. The van der Waals surface area contributed by atoms with Gasteiger partial charge in [0.25, 0.3) is 0 Å². The van der Waals surface area contributed by atoms with Crippen molar-refractivity contribution in [2.75, 3.05) is 0 Å². The molecule has 0 aliphatic rings. The summed E-state index contributed by atoms with van der Waals surface area (Å²) in [4.78, 5) is 15.5. The van der Waals surface area contributed by atoms with Crippen LogP contribution in [0.3, 0.4) is 0 Å². The quantitative estimate of drug-likeness (QED) is 0.265. The zero-order valence-electron chi connectivity index (χ0n) is 18.9. The SMILES string of the molecule is CC(C)(C)Cc1nc2sc3c(-c4cc([Si](C)(C)C)c5ccccc5c4)ncnc3c2s1. The highest BCUT2D eigenvalue weighted by Crippen LogP contribution is 2.41. The molecule has 0 aliphatic carbocycles.